The van der Waals surface area contributed by atoms with Crippen molar-refractivity contribution in [2.24, 2.45) is 0 Å². The number of fused-ring (bicyclic) bond motifs is 2. The van der Waals surface area contributed by atoms with E-state index in [9.17, 15) is 0 Å². The Hall–Kier alpha value is 0.335. The Morgan fingerprint density at radius 3 is 1.56 bits per heavy atom. The van der Waals surface area contributed by atoms with Gasteiger partial charge in [-0.25, -0.2) is 4.31 Å². The van der Waals surface area contributed by atoms with Crippen molar-refractivity contribution in [1.82, 2.24) is 9.12 Å². The van der Waals surface area contributed by atoms with Crippen molar-refractivity contribution in [3.63, 3.8) is 0 Å². The quantitative estimate of drug-likeness (QED) is 0.506. The third-order valence-corrected chi connectivity index (χ3v) is 5.71. The summed E-state index contributed by atoms with van der Waals surface area (Å²) in [5.41, 5.74) is 0. The molecule has 0 bridgehead atoms. The number of nitrogens with zero attached hydrogens (tertiary/aromatic N) is 2. The highest BCUT2D eigenvalue weighted by molar-refractivity contribution is 7.77. The van der Waals surface area contributed by atoms with Crippen LogP contribution in [-0.4, -0.2) is 41.3 Å². The molecular weight excluding hydrogens is 215 g/mol. The van der Waals surface area contributed by atoms with Gasteiger partial charge < -0.3 is 4.81 Å². The van der Waals surface area contributed by atoms with E-state index in [0.717, 1.165) is 24.2 Å². The van der Waals surface area contributed by atoms with Crippen LogP contribution < -0.4 is 0 Å². The molecule has 3 rings (SSSR count). The lowest BCUT2D eigenvalue weighted by atomic mass is 9.77. The zero-order valence-electron chi connectivity index (χ0n) is 10.3. The summed E-state index contributed by atoms with van der Waals surface area (Å²) in [6.07, 6.45) is 11.2. The maximum Gasteiger partial charge on any atom is 0.186 e. The van der Waals surface area contributed by atoms with Gasteiger partial charge in [0.05, 0.1) is 0 Å². The van der Waals surface area contributed by atoms with Gasteiger partial charge in [-0.2, -0.15) is 0 Å². The highest BCUT2D eigenvalue weighted by Crippen LogP contribution is 2.40. The molecule has 1 aliphatic heterocycles. The topological polar surface area (TPSA) is 6.48 Å². The lowest BCUT2D eigenvalue weighted by Gasteiger charge is -2.57. The fourth-order valence-electron chi connectivity index (χ4n) is 4.24. The SMILES string of the molecule is BN1C2CCCCC2N(S)C2CCCCC21. The zero-order valence-corrected chi connectivity index (χ0v) is 11.2. The summed E-state index contributed by atoms with van der Waals surface area (Å²) in [5, 5.41) is 0. The summed E-state index contributed by atoms with van der Waals surface area (Å²) in [7, 11) is 2.37. The van der Waals surface area contributed by atoms with Gasteiger partial charge in [-0.15, -0.1) is 0 Å². The van der Waals surface area contributed by atoms with Crippen molar-refractivity contribution in [1.29, 1.82) is 0 Å². The molecule has 2 aliphatic carbocycles. The van der Waals surface area contributed by atoms with E-state index in [-0.39, 0.29) is 0 Å². The first-order valence-electron chi connectivity index (χ1n) is 6.98. The smallest absolute Gasteiger partial charge is 0.186 e. The van der Waals surface area contributed by atoms with E-state index in [1.807, 2.05) is 0 Å². The maximum atomic E-state index is 4.85. The largest absolute Gasteiger partial charge is 0.341 e. The third-order valence-electron chi connectivity index (χ3n) is 5.11. The average molecular weight is 238 g/mol. The lowest BCUT2D eigenvalue weighted by Crippen LogP contribution is -2.66. The molecule has 4 atom stereocenters. The number of piperazine rings is 1. The summed E-state index contributed by atoms with van der Waals surface area (Å²) in [6, 6.07) is 3.01. The number of thiol groups is 1. The Kier molecular flexibility index (Phi) is 3.24. The molecule has 0 aromatic rings. The highest BCUT2D eigenvalue weighted by atomic mass is 32.1. The number of rotatable bonds is 0. The minimum Gasteiger partial charge on any atom is -0.341 e. The van der Waals surface area contributed by atoms with Crippen molar-refractivity contribution < 1.29 is 0 Å². The molecule has 0 N–H and O–H groups in total. The first-order valence-corrected chi connectivity index (χ1v) is 7.38. The van der Waals surface area contributed by atoms with Crippen LogP contribution in [0.4, 0.5) is 0 Å². The van der Waals surface area contributed by atoms with Crippen LogP contribution in [0, 0.1) is 0 Å². The van der Waals surface area contributed by atoms with Gasteiger partial charge in [0.2, 0.25) is 0 Å². The second kappa shape index (κ2) is 4.54. The molecule has 1 heterocycles. The van der Waals surface area contributed by atoms with Crippen LogP contribution in [0.15, 0.2) is 0 Å². The molecule has 1 saturated heterocycles. The molecule has 3 fully saturated rings. The number of hydrogen-bond acceptors (Lipinski definition) is 3. The molecule has 16 heavy (non-hydrogen) atoms. The van der Waals surface area contributed by atoms with Crippen LogP contribution in [0.3, 0.4) is 0 Å². The fourth-order valence-corrected chi connectivity index (χ4v) is 4.78. The average Bonchev–Trinajstić information content (AvgIpc) is 2.36. The normalized spacial score (nSPS) is 46.1. The monoisotopic (exact) mass is 238 g/mol. The molecule has 2 saturated carbocycles. The Balaban J connectivity index is 1.83. The Labute approximate surface area is 106 Å². The van der Waals surface area contributed by atoms with Gasteiger partial charge in [-0.3, -0.25) is 0 Å². The summed E-state index contributed by atoms with van der Waals surface area (Å²) in [6.45, 7) is 0. The summed E-state index contributed by atoms with van der Waals surface area (Å²) in [4.78, 5) is 2.71. The van der Waals surface area contributed by atoms with E-state index >= 15 is 0 Å². The van der Waals surface area contributed by atoms with E-state index in [4.69, 9.17) is 12.8 Å². The molecular formula is C12H23BN2S. The minimum absolute atomic E-state index is 0.724. The van der Waals surface area contributed by atoms with Gasteiger partial charge >= 0.3 is 0 Å². The maximum absolute atomic E-state index is 4.85. The molecule has 4 heteroatoms. The van der Waals surface area contributed by atoms with Crippen LogP contribution in [0.25, 0.3) is 0 Å². The molecule has 0 aromatic carbocycles. The van der Waals surface area contributed by atoms with E-state index < -0.39 is 0 Å². The first-order chi connectivity index (χ1) is 7.79. The Morgan fingerprint density at radius 2 is 1.12 bits per heavy atom. The second-order valence-electron chi connectivity index (χ2n) is 5.88. The van der Waals surface area contributed by atoms with Crippen molar-refractivity contribution in [2.75, 3.05) is 0 Å². The Morgan fingerprint density at radius 1 is 0.750 bits per heavy atom. The molecule has 0 aromatic heterocycles. The third kappa shape index (κ3) is 1.73. The summed E-state index contributed by atoms with van der Waals surface area (Å²) in [5.74, 6) is 0. The summed E-state index contributed by atoms with van der Waals surface area (Å²) < 4.78 is 2.45. The molecule has 4 unspecified atom stereocenters. The molecule has 0 amide bonds. The van der Waals surface area contributed by atoms with Crippen molar-refractivity contribution >= 4 is 20.8 Å². The molecule has 0 spiro atoms. The van der Waals surface area contributed by atoms with Crippen LogP contribution in [0.2, 0.25) is 0 Å². The molecule has 0 radical (unpaired) electrons. The van der Waals surface area contributed by atoms with Crippen LogP contribution >= 0.6 is 12.8 Å². The van der Waals surface area contributed by atoms with Crippen molar-refractivity contribution in [3.8, 4) is 0 Å². The predicted octanol–water partition coefficient (Wildman–Crippen LogP) is 1.62. The van der Waals surface area contributed by atoms with Gasteiger partial charge in [0.15, 0.2) is 7.98 Å². The van der Waals surface area contributed by atoms with E-state index in [1.165, 1.54) is 51.4 Å². The van der Waals surface area contributed by atoms with E-state index in [1.54, 1.807) is 0 Å². The van der Waals surface area contributed by atoms with Crippen LogP contribution in [-0.2, 0) is 0 Å². The van der Waals surface area contributed by atoms with Gasteiger partial charge in [0.1, 0.15) is 0 Å². The van der Waals surface area contributed by atoms with Crippen LogP contribution in [0.1, 0.15) is 51.4 Å². The van der Waals surface area contributed by atoms with Crippen molar-refractivity contribution in [2.45, 2.75) is 75.5 Å². The zero-order chi connectivity index (χ0) is 11.1. The number of hydrogen-bond donors (Lipinski definition) is 1. The van der Waals surface area contributed by atoms with E-state index in [2.05, 4.69) is 17.1 Å². The summed E-state index contributed by atoms with van der Waals surface area (Å²) >= 11 is 4.85. The molecule has 2 nitrogen and oxygen atoms in total. The van der Waals surface area contributed by atoms with Gasteiger partial charge in [0, 0.05) is 24.2 Å². The molecule has 90 valence electrons. The predicted molar refractivity (Wildman–Crippen MR) is 73.3 cm³/mol. The van der Waals surface area contributed by atoms with Gasteiger partial charge in [-0.05, 0) is 25.7 Å². The molecule has 3 aliphatic rings. The standard InChI is InChI=1S/C12H23BN2S/c13-14-9-5-1-3-7-11(9)15(16)12-8-4-2-6-10(12)14/h9-12,16H,1-8,13H2. The van der Waals surface area contributed by atoms with E-state index in [0.29, 0.717) is 0 Å². The minimum atomic E-state index is 0.724. The fraction of sp³-hybridized carbons (Fsp3) is 1.00. The van der Waals surface area contributed by atoms with Crippen molar-refractivity contribution in [3.05, 3.63) is 0 Å². The highest BCUT2D eigenvalue weighted by Gasteiger charge is 2.45. The second-order valence-corrected chi connectivity index (χ2v) is 6.35. The van der Waals surface area contributed by atoms with Gasteiger partial charge in [-0.1, -0.05) is 38.5 Å². The first kappa shape index (κ1) is 11.4. The Bertz CT molecular complexity index is 213. The van der Waals surface area contributed by atoms with Gasteiger partial charge in [0.25, 0.3) is 0 Å². The lowest BCUT2D eigenvalue weighted by molar-refractivity contribution is 0.00164. The van der Waals surface area contributed by atoms with Crippen LogP contribution in [0.5, 0.6) is 0 Å².